The third kappa shape index (κ3) is 3.67. The molecule has 2 atom stereocenters. The number of hydrogen-bond acceptors (Lipinski definition) is 8. The molecule has 0 radical (unpaired) electrons. The van der Waals surface area contributed by atoms with Crippen LogP contribution in [0.5, 0.6) is 0 Å². The van der Waals surface area contributed by atoms with Crippen LogP contribution in [0.1, 0.15) is 37.2 Å². The Bertz CT molecular complexity index is 1200. The number of nitriles is 1. The van der Waals surface area contributed by atoms with Crippen LogP contribution in [0.25, 0.3) is 10.9 Å². The van der Waals surface area contributed by atoms with Crippen LogP contribution in [0.2, 0.25) is 5.02 Å². The van der Waals surface area contributed by atoms with Gasteiger partial charge in [0.15, 0.2) is 0 Å². The van der Waals surface area contributed by atoms with Gasteiger partial charge in [0.05, 0.1) is 22.0 Å². The van der Waals surface area contributed by atoms with Crippen LogP contribution in [0.4, 0.5) is 11.6 Å². The minimum absolute atomic E-state index is 0.0907. The minimum Gasteiger partial charge on any atom is -0.382 e. The fraction of sp³-hybridized carbons (Fsp3) is 0.350. The van der Waals surface area contributed by atoms with Crippen molar-refractivity contribution in [3.05, 3.63) is 51.3 Å². The van der Waals surface area contributed by atoms with Gasteiger partial charge in [-0.3, -0.25) is 9.36 Å². The number of nitrogens with two attached hydrogens (primary N) is 1. The Kier molecular flexibility index (Phi) is 5.53. The molecule has 10 heteroatoms. The first-order valence-electron chi connectivity index (χ1n) is 9.69. The average Bonchev–Trinajstić information content (AvgIpc) is 3.23. The smallest absolute Gasteiger partial charge is 0.263 e. The van der Waals surface area contributed by atoms with Crippen molar-refractivity contribution < 1.29 is 0 Å². The highest BCUT2D eigenvalue weighted by Crippen LogP contribution is 2.25. The first-order chi connectivity index (χ1) is 14.5. The highest BCUT2D eigenvalue weighted by molar-refractivity contribution is 6.35. The van der Waals surface area contributed by atoms with Gasteiger partial charge >= 0.3 is 0 Å². The summed E-state index contributed by atoms with van der Waals surface area (Å²) in [5.74, 6) is 0.918. The number of anilines is 2. The number of halogens is 1. The highest BCUT2D eigenvalue weighted by atomic mass is 35.5. The van der Waals surface area contributed by atoms with Crippen molar-refractivity contribution in [1.82, 2.24) is 24.8 Å². The predicted octanol–water partition coefficient (Wildman–Crippen LogP) is 2.22. The Morgan fingerprint density at radius 3 is 3.03 bits per heavy atom. The fourth-order valence-corrected chi connectivity index (χ4v) is 4.02. The largest absolute Gasteiger partial charge is 0.382 e. The van der Waals surface area contributed by atoms with E-state index in [1.165, 1.54) is 6.33 Å². The predicted molar refractivity (Wildman–Crippen MR) is 115 cm³/mol. The molecule has 1 fully saturated rings. The molecular weight excluding hydrogens is 404 g/mol. The lowest BCUT2D eigenvalue weighted by molar-refractivity contribution is 0.475. The molecule has 1 aliphatic heterocycles. The number of nitrogen functional groups attached to an aromatic ring is 1. The Balaban J connectivity index is 1.81. The lowest BCUT2D eigenvalue weighted by Gasteiger charge is -2.22. The lowest BCUT2D eigenvalue weighted by Crippen LogP contribution is -2.36. The summed E-state index contributed by atoms with van der Waals surface area (Å²) >= 11 is 6.32. The lowest BCUT2D eigenvalue weighted by atomic mass is 10.1. The summed E-state index contributed by atoms with van der Waals surface area (Å²) < 4.78 is 1.66. The van der Waals surface area contributed by atoms with Crippen molar-refractivity contribution in [2.75, 3.05) is 17.6 Å². The second-order valence-electron chi connectivity index (χ2n) is 7.27. The molecule has 3 aromatic rings. The average molecular weight is 425 g/mol. The van der Waals surface area contributed by atoms with E-state index in [0.29, 0.717) is 34.1 Å². The number of fused-ring (bicyclic) bond motifs is 1. The van der Waals surface area contributed by atoms with Crippen molar-refractivity contribution >= 4 is 34.1 Å². The Morgan fingerprint density at radius 1 is 1.47 bits per heavy atom. The van der Waals surface area contributed by atoms with Gasteiger partial charge in [0, 0.05) is 12.6 Å². The van der Waals surface area contributed by atoms with E-state index in [4.69, 9.17) is 22.3 Å². The number of benzene rings is 1. The number of hydrogen-bond donors (Lipinski definition) is 3. The van der Waals surface area contributed by atoms with Crippen LogP contribution < -0.4 is 21.9 Å². The van der Waals surface area contributed by atoms with Gasteiger partial charge in [-0.25, -0.2) is 15.0 Å². The van der Waals surface area contributed by atoms with Crippen LogP contribution in [0, 0.1) is 11.3 Å². The van der Waals surface area contributed by atoms with Crippen LogP contribution in [-0.4, -0.2) is 32.1 Å². The first-order valence-corrected chi connectivity index (χ1v) is 10.1. The molecule has 1 aliphatic rings. The van der Waals surface area contributed by atoms with E-state index in [1.807, 2.05) is 13.0 Å². The monoisotopic (exact) mass is 424 g/mol. The third-order valence-electron chi connectivity index (χ3n) is 5.26. The molecule has 0 bridgehead atoms. The van der Waals surface area contributed by atoms with Gasteiger partial charge in [0.25, 0.3) is 5.56 Å². The summed E-state index contributed by atoms with van der Waals surface area (Å²) in [6.45, 7) is 3.26. The maximum absolute atomic E-state index is 13.4. The van der Waals surface area contributed by atoms with Crippen molar-refractivity contribution in [2.24, 2.45) is 0 Å². The number of nitrogens with zero attached hydrogens (tertiary/aromatic N) is 5. The molecule has 3 heterocycles. The standard InChI is InChI=1S/C20H21ClN8O/c1-11(27-18-13(8-22)17(23)25-10-26-18)19-28-15-6-2-5-14(21)16(15)20(30)29(19)9-12-4-3-7-24-12/h2,5-6,10-12,24H,3-4,7,9H2,1H3,(H3,23,25,26,27)/t11-,12?/m0/s1. The Morgan fingerprint density at radius 2 is 2.30 bits per heavy atom. The van der Waals surface area contributed by atoms with E-state index >= 15 is 0 Å². The Labute approximate surface area is 177 Å². The molecule has 154 valence electrons. The molecule has 30 heavy (non-hydrogen) atoms. The van der Waals surface area contributed by atoms with E-state index in [2.05, 4.69) is 20.6 Å². The molecule has 4 rings (SSSR count). The molecule has 1 aromatic carbocycles. The normalized spacial score (nSPS) is 17.0. The first kappa shape index (κ1) is 20.1. The second kappa shape index (κ2) is 8.26. The molecule has 2 aromatic heterocycles. The van der Waals surface area contributed by atoms with Crippen molar-refractivity contribution in [1.29, 1.82) is 5.26 Å². The van der Waals surface area contributed by atoms with Gasteiger partial charge in [-0.1, -0.05) is 17.7 Å². The summed E-state index contributed by atoms with van der Waals surface area (Å²) in [6.07, 6.45) is 3.33. The van der Waals surface area contributed by atoms with Gasteiger partial charge in [-0.15, -0.1) is 0 Å². The number of nitrogens with one attached hydrogen (secondary N) is 2. The zero-order valence-electron chi connectivity index (χ0n) is 16.4. The van der Waals surface area contributed by atoms with Crippen molar-refractivity contribution in [3.8, 4) is 6.07 Å². The molecule has 0 saturated carbocycles. The molecule has 1 unspecified atom stereocenters. The summed E-state index contributed by atoms with van der Waals surface area (Å²) in [5, 5.41) is 16.8. The van der Waals surface area contributed by atoms with E-state index in [0.717, 1.165) is 19.4 Å². The fourth-order valence-electron chi connectivity index (χ4n) is 3.77. The highest BCUT2D eigenvalue weighted by Gasteiger charge is 2.23. The maximum atomic E-state index is 13.4. The van der Waals surface area contributed by atoms with Crippen molar-refractivity contribution in [3.63, 3.8) is 0 Å². The number of aromatic nitrogens is 4. The van der Waals surface area contributed by atoms with Crippen molar-refractivity contribution in [2.45, 2.75) is 38.4 Å². The zero-order valence-corrected chi connectivity index (χ0v) is 17.1. The van der Waals surface area contributed by atoms with Crippen LogP contribution >= 0.6 is 11.6 Å². The summed E-state index contributed by atoms with van der Waals surface area (Å²) in [5.41, 5.74) is 6.28. The summed E-state index contributed by atoms with van der Waals surface area (Å²) in [4.78, 5) is 26.1. The van der Waals surface area contributed by atoms with E-state index < -0.39 is 6.04 Å². The molecule has 4 N–H and O–H groups in total. The van der Waals surface area contributed by atoms with Crippen LogP contribution in [-0.2, 0) is 6.54 Å². The molecule has 0 amide bonds. The molecule has 9 nitrogen and oxygen atoms in total. The third-order valence-corrected chi connectivity index (χ3v) is 5.57. The minimum atomic E-state index is -0.427. The number of rotatable bonds is 5. The molecule has 0 spiro atoms. The quantitative estimate of drug-likeness (QED) is 0.567. The molecule has 0 aliphatic carbocycles. The van der Waals surface area contributed by atoms with Gasteiger partial charge in [0.1, 0.15) is 35.4 Å². The van der Waals surface area contributed by atoms with E-state index in [1.54, 1.807) is 22.8 Å². The summed E-state index contributed by atoms with van der Waals surface area (Å²) in [7, 11) is 0. The second-order valence-corrected chi connectivity index (χ2v) is 7.68. The maximum Gasteiger partial charge on any atom is 0.263 e. The van der Waals surface area contributed by atoms with E-state index in [-0.39, 0.29) is 23.0 Å². The zero-order chi connectivity index (χ0) is 21.3. The van der Waals surface area contributed by atoms with Crippen LogP contribution in [0.15, 0.2) is 29.3 Å². The van der Waals surface area contributed by atoms with Gasteiger partial charge < -0.3 is 16.4 Å². The van der Waals surface area contributed by atoms with Crippen LogP contribution in [0.3, 0.4) is 0 Å². The van der Waals surface area contributed by atoms with Gasteiger partial charge in [0.2, 0.25) is 0 Å². The summed E-state index contributed by atoms with van der Waals surface area (Å²) in [6, 6.07) is 6.99. The topological polar surface area (TPSA) is 135 Å². The SMILES string of the molecule is C[C@H](Nc1ncnc(N)c1C#N)c1nc2cccc(Cl)c2c(=O)n1CC1CCCN1. The molecular formula is C20H21ClN8O. The Hall–Kier alpha value is -3.22. The van der Waals surface area contributed by atoms with Gasteiger partial charge in [-0.2, -0.15) is 5.26 Å². The molecule has 1 saturated heterocycles. The van der Waals surface area contributed by atoms with E-state index in [9.17, 15) is 10.1 Å². The van der Waals surface area contributed by atoms with Gasteiger partial charge in [-0.05, 0) is 38.4 Å².